The molecule has 0 fully saturated rings. The second kappa shape index (κ2) is 5.83. The highest BCUT2D eigenvalue weighted by Crippen LogP contribution is 2.21. The van der Waals surface area contributed by atoms with Gasteiger partial charge in [0, 0.05) is 18.1 Å². The van der Waals surface area contributed by atoms with Crippen molar-refractivity contribution in [2.24, 2.45) is 12.8 Å². The number of rotatable bonds is 6. The Hall–Kier alpha value is -1.22. The van der Waals surface area contributed by atoms with E-state index in [1.54, 1.807) is 36.1 Å². The minimum Gasteiger partial charge on any atom is -0.330 e. The van der Waals surface area contributed by atoms with Gasteiger partial charge in [-0.2, -0.15) is 5.10 Å². The van der Waals surface area contributed by atoms with Crippen LogP contribution in [-0.4, -0.2) is 24.7 Å². The fourth-order valence-electron chi connectivity index (χ4n) is 1.58. The van der Waals surface area contributed by atoms with Gasteiger partial charge in [0.1, 0.15) is 4.21 Å². The zero-order valence-corrected chi connectivity index (χ0v) is 12.2. The molecule has 0 unspecified atom stereocenters. The molecule has 104 valence electrons. The normalized spacial score (nSPS) is 11.9. The first-order valence-electron chi connectivity index (χ1n) is 5.78. The summed E-state index contributed by atoms with van der Waals surface area (Å²) in [7, 11) is -1.68. The minimum absolute atomic E-state index is 0.188. The molecular formula is C11H16N4O2S2. The largest absolute Gasteiger partial charge is 0.330 e. The quantitative estimate of drug-likeness (QED) is 0.811. The number of hydrogen-bond acceptors (Lipinski definition) is 5. The summed E-state index contributed by atoms with van der Waals surface area (Å²) in [5.74, 6) is 0. The smallest absolute Gasteiger partial charge is 0.250 e. The third kappa shape index (κ3) is 3.63. The van der Waals surface area contributed by atoms with Crippen LogP contribution in [0.5, 0.6) is 0 Å². The van der Waals surface area contributed by atoms with Gasteiger partial charge in [-0.15, -0.1) is 11.3 Å². The van der Waals surface area contributed by atoms with Gasteiger partial charge >= 0.3 is 0 Å². The molecule has 2 rings (SSSR count). The van der Waals surface area contributed by atoms with Crippen molar-refractivity contribution in [2.75, 3.05) is 6.54 Å². The summed E-state index contributed by atoms with van der Waals surface area (Å²) in [6.45, 7) is 0.703. The van der Waals surface area contributed by atoms with Crippen LogP contribution in [0.15, 0.2) is 28.6 Å². The molecule has 0 bridgehead atoms. The summed E-state index contributed by atoms with van der Waals surface area (Å²) in [5.41, 5.74) is 6.13. The van der Waals surface area contributed by atoms with E-state index in [0.29, 0.717) is 22.9 Å². The van der Waals surface area contributed by atoms with Gasteiger partial charge in [-0.3, -0.25) is 4.68 Å². The number of nitrogens with one attached hydrogen (secondary N) is 1. The highest BCUT2D eigenvalue weighted by atomic mass is 32.2. The van der Waals surface area contributed by atoms with Crippen molar-refractivity contribution in [1.29, 1.82) is 0 Å². The molecule has 0 aliphatic carbocycles. The summed E-state index contributed by atoms with van der Waals surface area (Å²) >= 11 is 1.25. The Morgan fingerprint density at radius 3 is 2.84 bits per heavy atom. The average Bonchev–Trinajstić information content (AvgIpc) is 2.97. The molecule has 0 spiro atoms. The Balaban J connectivity index is 2.04. The molecule has 0 amide bonds. The highest BCUT2D eigenvalue weighted by Gasteiger charge is 2.16. The predicted octanol–water partition coefficient (Wildman–Crippen LogP) is 0.461. The van der Waals surface area contributed by atoms with Crippen LogP contribution in [0.25, 0.3) is 0 Å². The Labute approximate surface area is 116 Å². The summed E-state index contributed by atoms with van der Waals surface area (Å²) < 4.78 is 28.6. The van der Waals surface area contributed by atoms with Crippen LogP contribution in [0.1, 0.15) is 10.6 Å². The van der Waals surface area contributed by atoms with Gasteiger partial charge in [-0.1, -0.05) is 0 Å². The SMILES string of the molecule is Cn1ccc(CNS(=O)(=O)c2ccc(CCN)s2)n1. The minimum atomic E-state index is -3.47. The van der Waals surface area contributed by atoms with E-state index in [4.69, 9.17) is 5.73 Å². The molecule has 6 nitrogen and oxygen atoms in total. The second-order valence-corrected chi connectivity index (χ2v) is 7.23. The van der Waals surface area contributed by atoms with E-state index in [2.05, 4.69) is 9.82 Å². The average molecular weight is 300 g/mol. The Kier molecular flexibility index (Phi) is 4.35. The summed E-state index contributed by atoms with van der Waals surface area (Å²) in [6.07, 6.45) is 2.47. The van der Waals surface area contributed by atoms with E-state index < -0.39 is 10.0 Å². The fraction of sp³-hybridized carbons (Fsp3) is 0.364. The van der Waals surface area contributed by atoms with E-state index in [1.807, 2.05) is 0 Å². The highest BCUT2D eigenvalue weighted by molar-refractivity contribution is 7.91. The van der Waals surface area contributed by atoms with Crippen molar-refractivity contribution in [1.82, 2.24) is 14.5 Å². The molecule has 8 heteroatoms. The molecule has 2 aromatic rings. The maximum Gasteiger partial charge on any atom is 0.250 e. The lowest BCUT2D eigenvalue weighted by molar-refractivity contribution is 0.581. The molecule has 2 heterocycles. The molecular weight excluding hydrogens is 284 g/mol. The van der Waals surface area contributed by atoms with Gasteiger partial charge in [0.25, 0.3) is 0 Å². The molecule has 0 atom stereocenters. The molecule has 0 aliphatic rings. The zero-order chi connectivity index (χ0) is 13.9. The van der Waals surface area contributed by atoms with Crippen molar-refractivity contribution in [3.8, 4) is 0 Å². The van der Waals surface area contributed by atoms with Crippen molar-refractivity contribution < 1.29 is 8.42 Å². The molecule has 0 saturated heterocycles. The maximum atomic E-state index is 12.1. The number of sulfonamides is 1. The van der Waals surface area contributed by atoms with Crippen LogP contribution in [0, 0.1) is 0 Å². The Bertz CT molecular complexity index is 645. The number of thiophene rings is 1. The van der Waals surface area contributed by atoms with Gasteiger partial charge in [-0.25, -0.2) is 13.1 Å². The van der Waals surface area contributed by atoms with Crippen molar-refractivity contribution >= 4 is 21.4 Å². The molecule has 0 aliphatic heterocycles. The van der Waals surface area contributed by atoms with E-state index >= 15 is 0 Å². The first-order valence-corrected chi connectivity index (χ1v) is 8.08. The third-order valence-electron chi connectivity index (χ3n) is 2.50. The predicted molar refractivity (Wildman–Crippen MR) is 74.3 cm³/mol. The summed E-state index contributed by atoms with van der Waals surface area (Å²) in [4.78, 5) is 0.973. The lowest BCUT2D eigenvalue weighted by Gasteiger charge is -2.02. The van der Waals surface area contributed by atoms with Crippen LogP contribution in [-0.2, 0) is 30.0 Å². The second-order valence-electron chi connectivity index (χ2n) is 4.06. The summed E-state index contributed by atoms with van der Waals surface area (Å²) in [6, 6.07) is 5.18. The standard InChI is InChI=1S/C11H16N4O2S2/c1-15-7-5-9(14-15)8-13-19(16,17)11-3-2-10(18-11)4-6-12/h2-3,5,7,13H,4,6,8,12H2,1H3. The molecule has 3 N–H and O–H groups in total. The van der Waals surface area contributed by atoms with Gasteiger partial charge in [0.2, 0.25) is 10.0 Å². The van der Waals surface area contributed by atoms with Gasteiger partial charge in [0.05, 0.1) is 12.2 Å². The number of nitrogens with zero attached hydrogens (tertiary/aromatic N) is 2. The van der Waals surface area contributed by atoms with Gasteiger partial charge in [0.15, 0.2) is 0 Å². The Morgan fingerprint density at radius 1 is 1.42 bits per heavy atom. The molecule has 0 radical (unpaired) electrons. The Morgan fingerprint density at radius 2 is 2.21 bits per heavy atom. The third-order valence-corrected chi connectivity index (χ3v) is 5.54. The van der Waals surface area contributed by atoms with Crippen LogP contribution in [0.3, 0.4) is 0 Å². The van der Waals surface area contributed by atoms with Crippen molar-refractivity contribution in [3.05, 3.63) is 35.0 Å². The van der Waals surface area contributed by atoms with E-state index in [9.17, 15) is 8.42 Å². The van der Waals surface area contributed by atoms with Crippen LogP contribution < -0.4 is 10.5 Å². The van der Waals surface area contributed by atoms with Gasteiger partial charge < -0.3 is 5.73 Å². The lowest BCUT2D eigenvalue weighted by Crippen LogP contribution is -2.22. The monoisotopic (exact) mass is 300 g/mol. The lowest BCUT2D eigenvalue weighted by atomic mass is 10.3. The summed E-state index contributed by atoms with van der Waals surface area (Å²) in [5, 5.41) is 4.12. The topological polar surface area (TPSA) is 90.0 Å². The van der Waals surface area contributed by atoms with Crippen LogP contribution in [0.4, 0.5) is 0 Å². The number of nitrogens with two attached hydrogens (primary N) is 1. The van der Waals surface area contributed by atoms with Gasteiger partial charge in [-0.05, 0) is 31.2 Å². The molecule has 2 aromatic heterocycles. The maximum absolute atomic E-state index is 12.1. The fourth-order valence-corrected chi connectivity index (χ4v) is 3.99. The van der Waals surface area contributed by atoms with Crippen molar-refractivity contribution in [3.63, 3.8) is 0 Å². The van der Waals surface area contributed by atoms with E-state index in [0.717, 1.165) is 4.88 Å². The first-order chi connectivity index (χ1) is 9.01. The first kappa shape index (κ1) is 14.2. The number of aromatic nitrogens is 2. The van der Waals surface area contributed by atoms with Crippen LogP contribution in [0.2, 0.25) is 0 Å². The van der Waals surface area contributed by atoms with E-state index in [-0.39, 0.29) is 6.54 Å². The molecule has 0 aromatic carbocycles. The zero-order valence-electron chi connectivity index (χ0n) is 10.5. The van der Waals surface area contributed by atoms with Crippen molar-refractivity contribution in [2.45, 2.75) is 17.2 Å². The number of aryl methyl sites for hydroxylation is 1. The molecule has 0 saturated carbocycles. The number of hydrogen-bond donors (Lipinski definition) is 2. The van der Waals surface area contributed by atoms with Crippen LogP contribution >= 0.6 is 11.3 Å². The van der Waals surface area contributed by atoms with E-state index in [1.165, 1.54) is 11.3 Å². The molecule has 19 heavy (non-hydrogen) atoms.